The minimum atomic E-state index is 0. The first-order valence-corrected chi connectivity index (χ1v) is 6.30. The summed E-state index contributed by atoms with van der Waals surface area (Å²) in [7, 11) is 0. The maximum Gasteiger partial charge on any atom is 0.0471 e. The van der Waals surface area contributed by atoms with E-state index in [4.69, 9.17) is 10.5 Å². The fraction of sp³-hybridized carbons (Fsp3) is 1.00. The summed E-state index contributed by atoms with van der Waals surface area (Å²) in [5.74, 6) is 0. The average Bonchev–Trinajstić information content (AvgIpc) is 2.65. The molecule has 0 radical (unpaired) electrons. The van der Waals surface area contributed by atoms with Crippen LogP contribution in [0.2, 0.25) is 0 Å². The number of halogens is 1. The first-order chi connectivity index (χ1) is 7.24. The molecule has 96 valence electrons. The van der Waals surface area contributed by atoms with Crippen LogP contribution in [0.4, 0.5) is 0 Å². The summed E-state index contributed by atoms with van der Waals surface area (Å²) in [6, 6.07) is 0.416. The Morgan fingerprint density at radius 3 is 2.56 bits per heavy atom. The van der Waals surface area contributed by atoms with Gasteiger partial charge in [0.15, 0.2) is 0 Å². The highest BCUT2D eigenvalue weighted by Crippen LogP contribution is 2.35. The molecule has 2 fully saturated rings. The molecule has 2 N–H and O–H groups in total. The molecule has 2 saturated heterocycles. The zero-order valence-corrected chi connectivity index (χ0v) is 11.1. The van der Waals surface area contributed by atoms with Gasteiger partial charge in [-0.15, -0.1) is 12.4 Å². The van der Waals surface area contributed by atoms with Gasteiger partial charge in [-0.25, -0.2) is 0 Å². The monoisotopic (exact) mass is 248 g/mol. The van der Waals surface area contributed by atoms with Gasteiger partial charge >= 0.3 is 0 Å². The molecule has 4 heteroatoms. The Morgan fingerprint density at radius 1 is 1.38 bits per heavy atom. The quantitative estimate of drug-likeness (QED) is 0.826. The molecule has 0 aliphatic carbocycles. The number of ether oxygens (including phenoxy) is 1. The molecular weight excluding hydrogens is 224 g/mol. The second-order valence-electron chi connectivity index (χ2n) is 5.25. The molecule has 1 atom stereocenters. The van der Waals surface area contributed by atoms with E-state index in [0.29, 0.717) is 11.5 Å². The lowest BCUT2D eigenvalue weighted by Crippen LogP contribution is -2.41. The van der Waals surface area contributed by atoms with Crippen molar-refractivity contribution in [1.29, 1.82) is 0 Å². The van der Waals surface area contributed by atoms with E-state index in [9.17, 15) is 0 Å². The third-order valence-electron chi connectivity index (χ3n) is 4.17. The predicted octanol–water partition coefficient (Wildman–Crippen LogP) is 1.65. The fourth-order valence-electron chi connectivity index (χ4n) is 2.91. The van der Waals surface area contributed by atoms with Crippen molar-refractivity contribution in [2.24, 2.45) is 11.1 Å². The third-order valence-corrected chi connectivity index (χ3v) is 4.17. The van der Waals surface area contributed by atoms with Crippen LogP contribution < -0.4 is 5.73 Å². The second-order valence-corrected chi connectivity index (χ2v) is 5.25. The Labute approximate surface area is 105 Å². The standard InChI is InChI=1S/C12H24N2O.ClH/c1-2-12(4-7-15-8-5-12)10-14-6-3-11(13)9-14;/h11H,2-10,13H2,1H3;1H/t11-;/m0./s1. The van der Waals surface area contributed by atoms with Crippen molar-refractivity contribution in [2.75, 3.05) is 32.8 Å². The number of likely N-dealkylation sites (tertiary alicyclic amines) is 1. The smallest absolute Gasteiger partial charge is 0.0471 e. The van der Waals surface area contributed by atoms with Crippen molar-refractivity contribution in [3.63, 3.8) is 0 Å². The Hall–Kier alpha value is 0.170. The van der Waals surface area contributed by atoms with Crippen molar-refractivity contribution < 1.29 is 4.74 Å². The van der Waals surface area contributed by atoms with Gasteiger partial charge in [0, 0.05) is 32.3 Å². The van der Waals surface area contributed by atoms with Gasteiger partial charge in [0.2, 0.25) is 0 Å². The summed E-state index contributed by atoms with van der Waals surface area (Å²) in [4.78, 5) is 2.56. The molecule has 3 nitrogen and oxygen atoms in total. The van der Waals surface area contributed by atoms with Crippen LogP contribution in [0.1, 0.15) is 32.6 Å². The third kappa shape index (κ3) is 3.33. The molecular formula is C12H25ClN2O. The molecule has 2 aliphatic rings. The highest BCUT2D eigenvalue weighted by molar-refractivity contribution is 5.85. The zero-order valence-electron chi connectivity index (χ0n) is 10.3. The Balaban J connectivity index is 0.00000128. The highest BCUT2D eigenvalue weighted by atomic mass is 35.5. The van der Waals surface area contributed by atoms with Gasteiger partial charge in [0.25, 0.3) is 0 Å². The molecule has 0 unspecified atom stereocenters. The lowest BCUT2D eigenvalue weighted by Gasteiger charge is -2.39. The predicted molar refractivity (Wildman–Crippen MR) is 69.1 cm³/mol. The highest BCUT2D eigenvalue weighted by Gasteiger charge is 2.34. The molecule has 0 amide bonds. The van der Waals surface area contributed by atoms with E-state index in [1.54, 1.807) is 0 Å². The number of hydrogen-bond donors (Lipinski definition) is 1. The maximum atomic E-state index is 5.95. The molecule has 0 aromatic rings. The molecule has 0 aromatic heterocycles. The summed E-state index contributed by atoms with van der Waals surface area (Å²) >= 11 is 0. The largest absolute Gasteiger partial charge is 0.381 e. The van der Waals surface area contributed by atoms with Gasteiger partial charge in [0.1, 0.15) is 0 Å². The van der Waals surface area contributed by atoms with Crippen LogP contribution in [0.5, 0.6) is 0 Å². The van der Waals surface area contributed by atoms with Crippen molar-refractivity contribution >= 4 is 12.4 Å². The summed E-state index contributed by atoms with van der Waals surface area (Å²) < 4.78 is 5.47. The first-order valence-electron chi connectivity index (χ1n) is 6.30. The first kappa shape index (κ1) is 14.2. The number of nitrogens with zero attached hydrogens (tertiary/aromatic N) is 1. The fourth-order valence-corrected chi connectivity index (χ4v) is 2.91. The van der Waals surface area contributed by atoms with Gasteiger partial charge in [-0.2, -0.15) is 0 Å². The van der Waals surface area contributed by atoms with Crippen LogP contribution in [0, 0.1) is 5.41 Å². The normalized spacial score (nSPS) is 30.0. The molecule has 16 heavy (non-hydrogen) atoms. The number of rotatable bonds is 3. The van der Waals surface area contributed by atoms with Gasteiger partial charge in [-0.05, 0) is 37.6 Å². The van der Waals surface area contributed by atoms with E-state index in [1.807, 2.05) is 0 Å². The molecule has 0 bridgehead atoms. The molecule has 2 rings (SSSR count). The average molecular weight is 249 g/mol. The van der Waals surface area contributed by atoms with E-state index >= 15 is 0 Å². The van der Waals surface area contributed by atoms with Crippen LogP contribution in [-0.4, -0.2) is 43.8 Å². The molecule has 0 aromatic carbocycles. The lowest BCUT2D eigenvalue weighted by molar-refractivity contribution is -0.00359. The van der Waals surface area contributed by atoms with Crippen LogP contribution in [0.15, 0.2) is 0 Å². The van der Waals surface area contributed by atoms with E-state index < -0.39 is 0 Å². The van der Waals surface area contributed by atoms with Gasteiger partial charge in [-0.1, -0.05) is 6.92 Å². The molecule has 2 heterocycles. The summed E-state index contributed by atoms with van der Waals surface area (Å²) in [5, 5.41) is 0. The second kappa shape index (κ2) is 6.20. The maximum absolute atomic E-state index is 5.95. The Morgan fingerprint density at radius 2 is 2.06 bits per heavy atom. The minimum absolute atomic E-state index is 0. The van der Waals surface area contributed by atoms with E-state index in [1.165, 1.54) is 38.8 Å². The van der Waals surface area contributed by atoms with Crippen molar-refractivity contribution in [3.8, 4) is 0 Å². The van der Waals surface area contributed by atoms with Crippen molar-refractivity contribution in [3.05, 3.63) is 0 Å². The summed E-state index contributed by atoms with van der Waals surface area (Å²) in [5.41, 5.74) is 6.46. The number of hydrogen-bond acceptors (Lipinski definition) is 3. The Kier molecular flexibility index (Phi) is 5.51. The van der Waals surface area contributed by atoms with Gasteiger partial charge in [-0.3, -0.25) is 0 Å². The summed E-state index contributed by atoms with van der Waals surface area (Å²) in [6.45, 7) is 7.76. The van der Waals surface area contributed by atoms with Crippen molar-refractivity contribution in [2.45, 2.75) is 38.6 Å². The van der Waals surface area contributed by atoms with Gasteiger partial charge in [0.05, 0.1) is 0 Å². The molecule has 2 aliphatic heterocycles. The topological polar surface area (TPSA) is 38.5 Å². The van der Waals surface area contributed by atoms with Gasteiger partial charge < -0.3 is 15.4 Å². The van der Waals surface area contributed by atoms with E-state index in [-0.39, 0.29) is 12.4 Å². The van der Waals surface area contributed by atoms with Crippen LogP contribution in [-0.2, 0) is 4.74 Å². The van der Waals surface area contributed by atoms with Crippen LogP contribution >= 0.6 is 12.4 Å². The molecule has 0 spiro atoms. The van der Waals surface area contributed by atoms with E-state index in [0.717, 1.165) is 19.8 Å². The SMILES string of the molecule is CCC1(CN2CC[C@H](N)C2)CCOCC1.Cl. The van der Waals surface area contributed by atoms with Crippen LogP contribution in [0.3, 0.4) is 0 Å². The minimum Gasteiger partial charge on any atom is -0.381 e. The van der Waals surface area contributed by atoms with Crippen LogP contribution in [0.25, 0.3) is 0 Å². The van der Waals surface area contributed by atoms with Crippen molar-refractivity contribution in [1.82, 2.24) is 4.90 Å². The summed E-state index contributed by atoms with van der Waals surface area (Å²) in [6.07, 6.45) is 4.92. The Bertz CT molecular complexity index is 207. The zero-order chi connectivity index (χ0) is 10.7. The lowest BCUT2D eigenvalue weighted by atomic mass is 9.77. The molecule has 0 saturated carbocycles. The number of nitrogens with two attached hydrogens (primary N) is 1. The van der Waals surface area contributed by atoms with E-state index in [2.05, 4.69) is 11.8 Å².